The third-order valence-electron chi connectivity index (χ3n) is 2.52. The molecular weight excluding hydrogens is 417 g/mol. The maximum atomic E-state index is 13.2. The molecule has 22 heavy (non-hydrogen) atoms. The number of nitrogens with one attached hydrogen (secondary N) is 1. The highest BCUT2D eigenvalue weighted by molar-refractivity contribution is 9.10. The Morgan fingerprint density at radius 1 is 1.32 bits per heavy atom. The van der Waals surface area contributed by atoms with Crippen molar-refractivity contribution in [3.05, 3.63) is 32.5 Å². The highest BCUT2D eigenvalue weighted by Crippen LogP contribution is 2.33. The van der Waals surface area contributed by atoms with E-state index in [1.165, 1.54) is 0 Å². The van der Waals surface area contributed by atoms with Crippen molar-refractivity contribution < 1.29 is 12.8 Å². The van der Waals surface area contributed by atoms with Crippen molar-refractivity contribution in [1.29, 1.82) is 0 Å². The van der Waals surface area contributed by atoms with Gasteiger partial charge in [-0.05, 0) is 28.1 Å². The van der Waals surface area contributed by atoms with Crippen molar-refractivity contribution in [2.24, 2.45) is 0 Å². The average Bonchev–Trinajstić information content (AvgIpc) is 2.73. The van der Waals surface area contributed by atoms with Crippen LogP contribution >= 0.6 is 38.9 Å². The molecule has 5 nitrogen and oxygen atoms in total. The van der Waals surface area contributed by atoms with Crippen LogP contribution < -0.4 is 4.72 Å². The van der Waals surface area contributed by atoms with Gasteiger partial charge < -0.3 is 0 Å². The molecule has 0 unspecified atom stereocenters. The van der Waals surface area contributed by atoms with Crippen LogP contribution in [-0.4, -0.2) is 18.6 Å². The molecular formula is C12H12BrClFN3O2S2. The summed E-state index contributed by atoms with van der Waals surface area (Å²) in [6, 6.07) is 1.96. The second-order valence-corrected chi connectivity index (χ2v) is 9.32. The van der Waals surface area contributed by atoms with Crippen LogP contribution in [0.4, 0.5) is 9.52 Å². The molecule has 0 bridgehead atoms. The van der Waals surface area contributed by atoms with Crippen molar-refractivity contribution in [2.75, 3.05) is 4.72 Å². The highest BCUT2D eigenvalue weighted by Gasteiger charge is 2.26. The number of halogens is 3. The zero-order valence-corrected chi connectivity index (χ0v) is 15.8. The average molecular weight is 429 g/mol. The summed E-state index contributed by atoms with van der Waals surface area (Å²) in [7, 11) is -4.01. The Labute approximate surface area is 145 Å². The number of aromatic nitrogens is 2. The first kappa shape index (κ1) is 17.6. The van der Waals surface area contributed by atoms with Gasteiger partial charge in [0.25, 0.3) is 10.0 Å². The van der Waals surface area contributed by atoms with Crippen molar-refractivity contribution in [3.8, 4) is 0 Å². The van der Waals surface area contributed by atoms with E-state index in [-0.39, 0.29) is 24.9 Å². The number of anilines is 1. The van der Waals surface area contributed by atoms with Crippen LogP contribution in [0.25, 0.3) is 0 Å². The lowest BCUT2D eigenvalue weighted by atomic mass is 9.98. The number of sulfonamides is 1. The third-order valence-corrected chi connectivity index (χ3v) is 6.65. The molecule has 10 heteroatoms. The SMILES string of the molecule is CC(C)(C)c1nnc(NS(=O)(=O)c2c(Cl)cc(F)cc2Br)s1. The van der Waals surface area contributed by atoms with Crippen LogP contribution in [0.5, 0.6) is 0 Å². The van der Waals surface area contributed by atoms with E-state index in [2.05, 4.69) is 30.8 Å². The molecule has 0 saturated carbocycles. The lowest BCUT2D eigenvalue weighted by Gasteiger charge is -2.12. The summed E-state index contributed by atoms with van der Waals surface area (Å²) in [5, 5.41) is 8.37. The van der Waals surface area contributed by atoms with E-state index < -0.39 is 15.8 Å². The molecule has 1 aromatic heterocycles. The molecule has 0 spiro atoms. The molecule has 0 aliphatic carbocycles. The molecule has 2 rings (SSSR count). The van der Waals surface area contributed by atoms with Gasteiger partial charge in [0, 0.05) is 9.89 Å². The second kappa shape index (κ2) is 6.03. The summed E-state index contributed by atoms with van der Waals surface area (Å²) in [6.45, 7) is 5.83. The quantitative estimate of drug-likeness (QED) is 0.795. The van der Waals surface area contributed by atoms with Gasteiger partial charge in [-0.25, -0.2) is 12.8 Å². The molecule has 1 N–H and O–H groups in total. The predicted octanol–water partition coefficient (Wildman–Crippen LogP) is 4.19. The van der Waals surface area contributed by atoms with Gasteiger partial charge >= 0.3 is 0 Å². The molecule has 1 heterocycles. The van der Waals surface area contributed by atoms with Crippen LogP contribution in [0.3, 0.4) is 0 Å². The predicted molar refractivity (Wildman–Crippen MR) is 88.5 cm³/mol. The fourth-order valence-corrected chi connectivity index (χ4v) is 5.37. The molecule has 0 aliphatic rings. The fourth-order valence-electron chi connectivity index (χ4n) is 1.52. The van der Waals surface area contributed by atoms with Gasteiger partial charge in [-0.2, -0.15) is 0 Å². The number of hydrogen-bond acceptors (Lipinski definition) is 5. The normalized spacial score (nSPS) is 12.5. The van der Waals surface area contributed by atoms with Gasteiger partial charge in [-0.3, -0.25) is 4.72 Å². The Balaban J connectivity index is 2.39. The number of rotatable bonds is 3. The summed E-state index contributed by atoms with van der Waals surface area (Å²) in [5.41, 5.74) is -0.241. The summed E-state index contributed by atoms with van der Waals surface area (Å²) in [4.78, 5) is -0.247. The topological polar surface area (TPSA) is 72.0 Å². The molecule has 1 aromatic carbocycles. The Morgan fingerprint density at radius 3 is 2.45 bits per heavy atom. The Hall–Kier alpha value is -0.770. The Morgan fingerprint density at radius 2 is 1.95 bits per heavy atom. The monoisotopic (exact) mass is 427 g/mol. The van der Waals surface area contributed by atoms with E-state index in [4.69, 9.17) is 11.6 Å². The zero-order valence-electron chi connectivity index (χ0n) is 11.8. The van der Waals surface area contributed by atoms with Crippen LogP contribution in [0.2, 0.25) is 5.02 Å². The zero-order chi connectivity index (χ0) is 16.7. The standard InChI is InChI=1S/C12H12BrClFN3O2S2/c1-12(2,3)10-16-17-11(21-10)18-22(19,20)9-7(13)4-6(15)5-8(9)14/h4-5H,1-3H3,(H,17,18). The molecule has 0 fully saturated rings. The van der Waals surface area contributed by atoms with Gasteiger partial charge in [0.05, 0.1) is 5.02 Å². The largest absolute Gasteiger partial charge is 0.266 e. The van der Waals surface area contributed by atoms with Crippen LogP contribution in [0.1, 0.15) is 25.8 Å². The highest BCUT2D eigenvalue weighted by atomic mass is 79.9. The molecule has 0 atom stereocenters. The van der Waals surface area contributed by atoms with E-state index >= 15 is 0 Å². The van der Waals surface area contributed by atoms with Crippen molar-refractivity contribution in [3.63, 3.8) is 0 Å². The smallest absolute Gasteiger partial charge is 0.253 e. The van der Waals surface area contributed by atoms with Crippen molar-refractivity contribution >= 4 is 54.0 Å². The third kappa shape index (κ3) is 3.76. The number of benzene rings is 1. The molecule has 120 valence electrons. The second-order valence-electron chi connectivity index (χ2n) is 5.47. The van der Waals surface area contributed by atoms with Crippen LogP contribution in [0.15, 0.2) is 21.5 Å². The van der Waals surface area contributed by atoms with Gasteiger partial charge in [-0.1, -0.05) is 43.7 Å². The maximum Gasteiger partial charge on any atom is 0.266 e. The summed E-state index contributed by atoms with van der Waals surface area (Å²) >= 11 is 9.98. The minimum atomic E-state index is -4.01. The minimum absolute atomic E-state index is 0.0329. The molecule has 0 saturated heterocycles. The first-order chi connectivity index (χ1) is 10.0. The molecule has 2 aromatic rings. The lowest BCUT2D eigenvalue weighted by molar-refractivity contribution is 0.578. The van der Waals surface area contributed by atoms with Gasteiger partial charge in [0.15, 0.2) is 0 Å². The van der Waals surface area contributed by atoms with E-state index in [0.717, 1.165) is 23.5 Å². The fraction of sp³-hybridized carbons (Fsp3) is 0.333. The van der Waals surface area contributed by atoms with E-state index in [9.17, 15) is 12.8 Å². The van der Waals surface area contributed by atoms with Gasteiger partial charge in [0.1, 0.15) is 15.7 Å². The van der Waals surface area contributed by atoms with Crippen LogP contribution in [0, 0.1) is 5.82 Å². The minimum Gasteiger partial charge on any atom is -0.253 e. The Bertz CT molecular complexity index is 795. The van der Waals surface area contributed by atoms with Gasteiger partial charge in [0.2, 0.25) is 5.13 Å². The van der Waals surface area contributed by atoms with Gasteiger partial charge in [-0.15, -0.1) is 10.2 Å². The Kier molecular flexibility index (Phi) is 4.82. The number of nitrogens with zero attached hydrogens (tertiary/aromatic N) is 2. The number of hydrogen-bond donors (Lipinski definition) is 1. The summed E-state index contributed by atoms with van der Waals surface area (Å²) < 4.78 is 40.4. The summed E-state index contributed by atoms with van der Waals surface area (Å²) in [6.07, 6.45) is 0. The molecule has 0 radical (unpaired) electrons. The maximum absolute atomic E-state index is 13.2. The first-order valence-electron chi connectivity index (χ1n) is 6.02. The first-order valence-corrected chi connectivity index (χ1v) is 9.49. The summed E-state index contributed by atoms with van der Waals surface area (Å²) in [5.74, 6) is -0.637. The van der Waals surface area contributed by atoms with Crippen LogP contribution in [-0.2, 0) is 15.4 Å². The van der Waals surface area contributed by atoms with E-state index in [0.29, 0.717) is 5.01 Å². The van der Waals surface area contributed by atoms with Crippen molar-refractivity contribution in [2.45, 2.75) is 31.1 Å². The molecule has 0 aliphatic heterocycles. The van der Waals surface area contributed by atoms with E-state index in [1.807, 2.05) is 20.8 Å². The van der Waals surface area contributed by atoms with E-state index in [1.54, 1.807) is 0 Å². The van der Waals surface area contributed by atoms with Crippen molar-refractivity contribution in [1.82, 2.24) is 10.2 Å². The lowest BCUT2D eigenvalue weighted by Crippen LogP contribution is -2.14. The molecule has 0 amide bonds.